The first kappa shape index (κ1) is 11.3. The highest BCUT2D eigenvalue weighted by molar-refractivity contribution is 9.10. The molecule has 0 aliphatic carbocycles. The minimum atomic E-state index is -4.43. The molecule has 0 aliphatic rings. The van der Waals surface area contributed by atoms with Gasteiger partial charge >= 0.3 is 6.18 Å². The molecule has 0 radical (unpaired) electrons. The molecular formula is C9H7BrF3N3. The van der Waals surface area contributed by atoms with E-state index in [1.807, 2.05) is 0 Å². The zero-order chi connectivity index (χ0) is 11.9. The van der Waals surface area contributed by atoms with Crippen LogP contribution in [0.2, 0.25) is 0 Å². The van der Waals surface area contributed by atoms with Gasteiger partial charge in [0.2, 0.25) is 0 Å². The van der Waals surface area contributed by atoms with Gasteiger partial charge in [0.15, 0.2) is 5.69 Å². The quantitative estimate of drug-likeness (QED) is 0.875. The van der Waals surface area contributed by atoms with Crippen molar-refractivity contribution >= 4 is 27.3 Å². The number of halogens is 4. The summed E-state index contributed by atoms with van der Waals surface area (Å²) in [6.07, 6.45) is -4.43. The molecule has 7 heteroatoms. The van der Waals surface area contributed by atoms with Crippen molar-refractivity contribution in [2.75, 3.05) is 12.4 Å². The second-order valence-electron chi connectivity index (χ2n) is 3.14. The Bertz CT molecular complexity index is 533. The highest BCUT2D eigenvalue weighted by Crippen LogP contribution is 2.31. The number of pyridine rings is 1. The van der Waals surface area contributed by atoms with Crippen molar-refractivity contribution in [2.24, 2.45) is 0 Å². The normalized spacial score (nSPS) is 12.1. The molecule has 1 N–H and O–H groups in total. The van der Waals surface area contributed by atoms with Crippen LogP contribution in [0.4, 0.5) is 19.0 Å². The van der Waals surface area contributed by atoms with Gasteiger partial charge in [0.1, 0.15) is 5.82 Å². The first-order valence-corrected chi connectivity index (χ1v) is 5.16. The number of nitrogens with zero attached hydrogens (tertiary/aromatic N) is 2. The number of aromatic nitrogens is 2. The van der Waals surface area contributed by atoms with Gasteiger partial charge in [-0.05, 0) is 34.1 Å². The third-order valence-corrected chi connectivity index (χ3v) is 2.79. The molecule has 2 aromatic rings. The fourth-order valence-electron chi connectivity index (χ4n) is 1.37. The molecule has 0 saturated heterocycles. The summed E-state index contributed by atoms with van der Waals surface area (Å²) in [7, 11) is 1.62. The van der Waals surface area contributed by atoms with Gasteiger partial charge in [-0.2, -0.15) is 18.3 Å². The Morgan fingerprint density at radius 3 is 2.62 bits per heavy atom. The van der Waals surface area contributed by atoms with Crippen molar-refractivity contribution in [3.05, 3.63) is 28.4 Å². The smallest absolute Gasteiger partial charge is 0.373 e. The van der Waals surface area contributed by atoms with Gasteiger partial charge in [0.05, 0.1) is 5.52 Å². The van der Waals surface area contributed by atoms with Gasteiger partial charge in [-0.15, -0.1) is 0 Å². The number of fused-ring (bicyclic) bond motifs is 1. The lowest BCUT2D eigenvalue weighted by atomic mass is 10.3. The summed E-state index contributed by atoms with van der Waals surface area (Å²) < 4.78 is 39.2. The molecule has 2 heterocycles. The van der Waals surface area contributed by atoms with E-state index in [1.165, 1.54) is 4.52 Å². The van der Waals surface area contributed by atoms with Crippen LogP contribution in [0.15, 0.2) is 22.7 Å². The maximum atomic E-state index is 12.5. The van der Waals surface area contributed by atoms with Crippen molar-refractivity contribution in [1.29, 1.82) is 0 Å². The predicted octanol–water partition coefficient (Wildman–Crippen LogP) is 3.16. The lowest BCUT2D eigenvalue weighted by molar-refractivity contribution is -0.141. The van der Waals surface area contributed by atoms with Gasteiger partial charge in [-0.1, -0.05) is 0 Å². The van der Waals surface area contributed by atoms with Crippen LogP contribution < -0.4 is 5.32 Å². The maximum absolute atomic E-state index is 12.5. The van der Waals surface area contributed by atoms with E-state index in [-0.39, 0.29) is 0 Å². The molecule has 0 amide bonds. The molecule has 0 unspecified atom stereocenters. The summed E-state index contributed by atoms with van der Waals surface area (Å²) in [5.74, 6) is 0.494. The number of anilines is 1. The third kappa shape index (κ3) is 1.75. The van der Waals surface area contributed by atoms with E-state index in [0.29, 0.717) is 15.8 Å². The molecule has 2 aromatic heterocycles. The topological polar surface area (TPSA) is 29.3 Å². The molecule has 3 nitrogen and oxygen atoms in total. The van der Waals surface area contributed by atoms with E-state index < -0.39 is 11.9 Å². The molecule has 2 rings (SSSR count). The highest BCUT2D eigenvalue weighted by atomic mass is 79.9. The first-order chi connectivity index (χ1) is 7.43. The molecule has 0 fully saturated rings. The average Bonchev–Trinajstić information content (AvgIpc) is 2.63. The van der Waals surface area contributed by atoms with E-state index in [9.17, 15) is 13.2 Å². The van der Waals surface area contributed by atoms with E-state index in [0.717, 1.165) is 6.07 Å². The number of hydrogen-bond acceptors (Lipinski definition) is 2. The van der Waals surface area contributed by atoms with Gasteiger partial charge in [-0.3, -0.25) is 0 Å². The van der Waals surface area contributed by atoms with E-state index in [4.69, 9.17) is 0 Å². The molecule has 0 spiro atoms. The average molecular weight is 294 g/mol. The minimum Gasteiger partial charge on any atom is -0.373 e. The standard InChI is InChI=1S/C9H7BrF3N3/c1-14-8-3-2-5(10)6-4-7(9(11,12)13)15-16(6)8/h2-4,14H,1H3. The zero-order valence-electron chi connectivity index (χ0n) is 8.14. The lowest BCUT2D eigenvalue weighted by Gasteiger charge is -2.04. The van der Waals surface area contributed by atoms with Crippen molar-refractivity contribution in [2.45, 2.75) is 6.18 Å². The first-order valence-electron chi connectivity index (χ1n) is 4.36. The Labute approximate surface area is 97.4 Å². The molecule has 0 saturated carbocycles. The van der Waals surface area contributed by atoms with E-state index in [2.05, 4.69) is 26.3 Å². The Balaban J connectivity index is 2.73. The van der Waals surface area contributed by atoms with Crippen molar-refractivity contribution in [3.63, 3.8) is 0 Å². The number of alkyl halides is 3. The summed E-state index contributed by atoms with van der Waals surface area (Å²) in [5.41, 5.74) is -0.532. The highest BCUT2D eigenvalue weighted by Gasteiger charge is 2.34. The van der Waals surface area contributed by atoms with Crippen molar-refractivity contribution < 1.29 is 13.2 Å². The minimum absolute atomic E-state index is 0.374. The number of hydrogen-bond donors (Lipinski definition) is 1. The fourth-order valence-corrected chi connectivity index (χ4v) is 1.79. The van der Waals surface area contributed by atoms with Crippen LogP contribution in [0.1, 0.15) is 5.69 Å². The second kappa shape index (κ2) is 3.65. The molecule has 86 valence electrons. The van der Waals surface area contributed by atoms with Crippen LogP contribution >= 0.6 is 15.9 Å². The Morgan fingerprint density at radius 2 is 2.06 bits per heavy atom. The van der Waals surface area contributed by atoms with Crippen LogP contribution in [0, 0.1) is 0 Å². The summed E-state index contributed by atoms with van der Waals surface area (Å²) in [5, 5.41) is 6.29. The number of nitrogens with one attached hydrogen (secondary N) is 1. The fraction of sp³-hybridized carbons (Fsp3) is 0.222. The van der Waals surface area contributed by atoms with Crippen LogP contribution in [-0.4, -0.2) is 16.7 Å². The lowest BCUT2D eigenvalue weighted by Crippen LogP contribution is -2.06. The van der Waals surface area contributed by atoms with Crippen LogP contribution in [0.3, 0.4) is 0 Å². The predicted molar refractivity (Wildman–Crippen MR) is 57.4 cm³/mol. The number of rotatable bonds is 1. The van der Waals surface area contributed by atoms with Crippen LogP contribution in [-0.2, 0) is 6.18 Å². The van der Waals surface area contributed by atoms with Crippen LogP contribution in [0.5, 0.6) is 0 Å². The van der Waals surface area contributed by atoms with E-state index in [1.54, 1.807) is 19.2 Å². The third-order valence-electron chi connectivity index (χ3n) is 2.12. The molecule has 0 aromatic carbocycles. The van der Waals surface area contributed by atoms with Gasteiger partial charge in [0, 0.05) is 11.5 Å². The molecular weight excluding hydrogens is 287 g/mol. The van der Waals surface area contributed by atoms with Gasteiger partial charge < -0.3 is 5.32 Å². The van der Waals surface area contributed by atoms with Gasteiger partial charge in [0.25, 0.3) is 0 Å². The maximum Gasteiger partial charge on any atom is 0.435 e. The second-order valence-corrected chi connectivity index (χ2v) is 4.00. The van der Waals surface area contributed by atoms with Crippen LogP contribution in [0.25, 0.3) is 5.52 Å². The summed E-state index contributed by atoms with van der Waals surface area (Å²) >= 11 is 3.18. The zero-order valence-corrected chi connectivity index (χ0v) is 9.72. The monoisotopic (exact) mass is 293 g/mol. The van der Waals surface area contributed by atoms with Crippen molar-refractivity contribution in [3.8, 4) is 0 Å². The molecule has 16 heavy (non-hydrogen) atoms. The summed E-state index contributed by atoms with van der Waals surface area (Å²) in [6, 6.07) is 4.32. The molecule has 0 atom stereocenters. The van der Waals surface area contributed by atoms with E-state index >= 15 is 0 Å². The Hall–Kier alpha value is -1.24. The largest absolute Gasteiger partial charge is 0.435 e. The molecule has 0 aliphatic heterocycles. The summed E-state index contributed by atoms with van der Waals surface area (Å²) in [4.78, 5) is 0. The van der Waals surface area contributed by atoms with Gasteiger partial charge in [-0.25, -0.2) is 4.52 Å². The Kier molecular flexibility index (Phi) is 2.57. The van der Waals surface area contributed by atoms with Crippen molar-refractivity contribution in [1.82, 2.24) is 9.61 Å². The molecule has 0 bridgehead atoms. The SMILES string of the molecule is CNc1ccc(Br)c2cc(C(F)(F)F)nn12. The Morgan fingerprint density at radius 1 is 1.38 bits per heavy atom. The summed E-state index contributed by atoms with van der Waals surface area (Å²) in [6.45, 7) is 0.